The molecule has 1 aromatic rings. The Kier molecular flexibility index (Phi) is 8.82. The van der Waals surface area contributed by atoms with E-state index in [0.29, 0.717) is 5.92 Å². The maximum atomic E-state index is 13.1. The molecule has 2 aliphatic rings. The summed E-state index contributed by atoms with van der Waals surface area (Å²) in [5.41, 5.74) is 0.0803. The van der Waals surface area contributed by atoms with Gasteiger partial charge in [-0.25, -0.2) is 0 Å². The number of nitrogens with zero attached hydrogens (tertiary/aromatic N) is 1. The van der Waals surface area contributed by atoms with Crippen LogP contribution in [0.3, 0.4) is 0 Å². The highest BCUT2D eigenvalue weighted by molar-refractivity contribution is 6.30. The van der Waals surface area contributed by atoms with Crippen LogP contribution in [0.1, 0.15) is 42.9 Å². The fourth-order valence-electron chi connectivity index (χ4n) is 3.96. The first-order valence-electron chi connectivity index (χ1n) is 8.27. The van der Waals surface area contributed by atoms with Gasteiger partial charge in [-0.1, -0.05) is 24.4 Å². The molecule has 1 heterocycles. The van der Waals surface area contributed by atoms with E-state index >= 15 is 0 Å². The topological polar surface area (TPSA) is 15.3 Å². The summed E-state index contributed by atoms with van der Waals surface area (Å²) >= 11 is 6.01. The number of alkyl halides is 3. The van der Waals surface area contributed by atoms with Gasteiger partial charge >= 0.3 is 6.18 Å². The van der Waals surface area contributed by atoms with Crippen LogP contribution in [0.5, 0.6) is 0 Å². The molecule has 1 aromatic carbocycles. The third-order valence-corrected chi connectivity index (χ3v) is 5.20. The van der Waals surface area contributed by atoms with E-state index in [1.54, 1.807) is 6.07 Å². The first kappa shape index (κ1) is 22.8. The van der Waals surface area contributed by atoms with Crippen molar-refractivity contribution >= 4 is 36.4 Å². The van der Waals surface area contributed by atoms with Crippen LogP contribution in [0, 0.1) is 5.92 Å². The predicted octanol–water partition coefficient (Wildman–Crippen LogP) is 5.34. The van der Waals surface area contributed by atoms with Gasteiger partial charge in [0.15, 0.2) is 0 Å². The minimum Gasteiger partial charge on any atom is -0.314 e. The molecule has 3 rings (SSSR count). The minimum atomic E-state index is -4.36. The molecular formula is C17H24Cl3F3N2. The Morgan fingerprint density at radius 3 is 2.20 bits per heavy atom. The van der Waals surface area contributed by atoms with Gasteiger partial charge in [0.1, 0.15) is 0 Å². The number of hydrogen-bond donors (Lipinski definition) is 1. The van der Waals surface area contributed by atoms with Crippen LogP contribution >= 0.6 is 36.4 Å². The highest BCUT2D eigenvalue weighted by Crippen LogP contribution is 2.42. The van der Waals surface area contributed by atoms with Crippen molar-refractivity contribution in [1.29, 1.82) is 0 Å². The van der Waals surface area contributed by atoms with Crippen molar-refractivity contribution in [3.8, 4) is 0 Å². The standard InChI is InChI=1S/C17H22ClF3N2.2ClH/c18-15-10-13(9-14(11-15)17(19,20)21)16(12-3-1-2-4-12)23-7-5-22-6-8-23;;/h9-12,16,22H,1-8H2;2*1H/t16-;;/m0../s1. The molecule has 1 aliphatic carbocycles. The molecule has 0 bridgehead atoms. The molecule has 1 aliphatic heterocycles. The molecular weight excluding hydrogens is 396 g/mol. The second-order valence-electron chi connectivity index (χ2n) is 6.55. The van der Waals surface area contributed by atoms with Gasteiger partial charge in [0.2, 0.25) is 0 Å². The number of halogens is 6. The number of benzene rings is 1. The van der Waals surface area contributed by atoms with Crippen molar-refractivity contribution in [3.05, 3.63) is 34.3 Å². The normalized spacial score (nSPS) is 20.6. The van der Waals surface area contributed by atoms with E-state index in [2.05, 4.69) is 10.2 Å². The van der Waals surface area contributed by atoms with Gasteiger partial charge in [-0.3, -0.25) is 4.90 Å². The van der Waals surface area contributed by atoms with Gasteiger partial charge < -0.3 is 5.32 Å². The van der Waals surface area contributed by atoms with Crippen LogP contribution in [-0.2, 0) is 6.18 Å². The molecule has 1 atom stereocenters. The van der Waals surface area contributed by atoms with Crippen LogP contribution in [0.2, 0.25) is 5.02 Å². The molecule has 0 unspecified atom stereocenters. The fourth-order valence-corrected chi connectivity index (χ4v) is 4.20. The van der Waals surface area contributed by atoms with E-state index in [0.717, 1.165) is 50.7 Å². The van der Waals surface area contributed by atoms with E-state index < -0.39 is 11.7 Å². The Bertz CT molecular complexity index is 542. The van der Waals surface area contributed by atoms with Gasteiger partial charge in [-0.05, 0) is 42.5 Å². The van der Waals surface area contributed by atoms with Gasteiger partial charge in [0, 0.05) is 37.2 Å². The Hall–Kier alpha value is -0.200. The zero-order valence-corrected chi connectivity index (χ0v) is 16.2. The average Bonchev–Trinajstić information content (AvgIpc) is 3.01. The SMILES string of the molecule is Cl.Cl.FC(F)(F)c1cc(Cl)cc([C@H](C2CCCC2)N2CCNCC2)c1. The van der Waals surface area contributed by atoms with Crippen LogP contribution in [0.4, 0.5) is 13.2 Å². The molecule has 2 nitrogen and oxygen atoms in total. The van der Waals surface area contributed by atoms with Crippen LogP contribution in [0.15, 0.2) is 18.2 Å². The minimum absolute atomic E-state index is 0. The van der Waals surface area contributed by atoms with Crippen molar-refractivity contribution in [3.63, 3.8) is 0 Å². The van der Waals surface area contributed by atoms with E-state index in [9.17, 15) is 13.2 Å². The Labute approximate surface area is 164 Å². The first-order valence-corrected chi connectivity index (χ1v) is 8.65. The van der Waals surface area contributed by atoms with Gasteiger partial charge in [0.05, 0.1) is 5.56 Å². The van der Waals surface area contributed by atoms with E-state index in [1.807, 2.05) is 0 Å². The number of hydrogen-bond acceptors (Lipinski definition) is 2. The highest BCUT2D eigenvalue weighted by atomic mass is 35.5. The Morgan fingerprint density at radius 2 is 1.64 bits per heavy atom. The molecule has 1 N–H and O–H groups in total. The summed E-state index contributed by atoms with van der Waals surface area (Å²) in [7, 11) is 0. The van der Waals surface area contributed by atoms with E-state index in [4.69, 9.17) is 11.6 Å². The van der Waals surface area contributed by atoms with Gasteiger partial charge in [0.25, 0.3) is 0 Å². The molecule has 0 aromatic heterocycles. The molecule has 144 valence electrons. The van der Waals surface area contributed by atoms with Crippen molar-refractivity contribution in [2.75, 3.05) is 26.2 Å². The molecule has 25 heavy (non-hydrogen) atoms. The third-order valence-electron chi connectivity index (χ3n) is 4.98. The molecule has 2 fully saturated rings. The lowest BCUT2D eigenvalue weighted by Crippen LogP contribution is -2.46. The Morgan fingerprint density at radius 1 is 1.04 bits per heavy atom. The maximum absolute atomic E-state index is 13.1. The van der Waals surface area contributed by atoms with Gasteiger partial charge in [-0.2, -0.15) is 13.2 Å². The molecule has 1 saturated carbocycles. The summed E-state index contributed by atoms with van der Waals surface area (Å²) in [4.78, 5) is 2.33. The van der Waals surface area contributed by atoms with Crippen molar-refractivity contribution in [2.45, 2.75) is 37.9 Å². The summed E-state index contributed by atoms with van der Waals surface area (Å²) in [5, 5.41) is 3.48. The largest absolute Gasteiger partial charge is 0.416 e. The van der Waals surface area contributed by atoms with Crippen LogP contribution < -0.4 is 5.32 Å². The second-order valence-corrected chi connectivity index (χ2v) is 6.98. The molecule has 0 amide bonds. The lowest BCUT2D eigenvalue weighted by Gasteiger charge is -2.39. The summed E-state index contributed by atoms with van der Waals surface area (Å²) in [5.74, 6) is 0.424. The molecule has 0 radical (unpaired) electrons. The third kappa shape index (κ3) is 5.64. The Balaban J connectivity index is 0.00000156. The number of rotatable bonds is 3. The average molecular weight is 420 g/mol. The lowest BCUT2D eigenvalue weighted by molar-refractivity contribution is -0.137. The van der Waals surface area contributed by atoms with E-state index in [1.165, 1.54) is 18.9 Å². The molecule has 8 heteroatoms. The van der Waals surface area contributed by atoms with Crippen molar-refractivity contribution < 1.29 is 13.2 Å². The van der Waals surface area contributed by atoms with Crippen LogP contribution in [0.25, 0.3) is 0 Å². The summed E-state index contributed by atoms with van der Waals surface area (Å²) in [6, 6.07) is 4.09. The molecule has 0 spiro atoms. The van der Waals surface area contributed by atoms with Crippen LogP contribution in [-0.4, -0.2) is 31.1 Å². The van der Waals surface area contributed by atoms with Crippen molar-refractivity contribution in [2.24, 2.45) is 5.92 Å². The second kappa shape index (κ2) is 9.65. The number of nitrogens with one attached hydrogen (secondary N) is 1. The quantitative estimate of drug-likeness (QED) is 0.711. The zero-order chi connectivity index (χ0) is 16.4. The van der Waals surface area contributed by atoms with Gasteiger partial charge in [-0.15, -0.1) is 24.8 Å². The lowest BCUT2D eigenvalue weighted by atomic mass is 9.89. The maximum Gasteiger partial charge on any atom is 0.416 e. The summed E-state index contributed by atoms with van der Waals surface area (Å²) in [6.07, 6.45) is 0.147. The first-order chi connectivity index (χ1) is 10.9. The monoisotopic (exact) mass is 418 g/mol. The molecule has 1 saturated heterocycles. The smallest absolute Gasteiger partial charge is 0.314 e. The zero-order valence-electron chi connectivity index (χ0n) is 13.8. The highest BCUT2D eigenvalue weighted by Gasteiger charge is 2.35. The summed E-state index contributed by atoms with van der Waals surface area (Å²) in [6.45, 7) is 3.51. The van der Waals surface area contributed by atoms with Crippen molar-refractivity contribution in [1.82, 2.24) is 10.2 Å². The fraction of sp³-hybridized carbons (Fsp3) is 0.647. The van der Waals surface area contributed by atoms with E-state index in [-0.39, 0.29) is 35.9 Å². The summed E-state index contributed by atoms with van der Waals surface area (Å²) < 4.78 is 39.4. The predicted molar refractivity (Wildman–Crippen MR) is 100 cm³/mol. The number of piperazine rings is 1.